The van der Waals surface area contributed by atoms with E-state index in [1.54, 1.807) is 44.6 Å². The number of fused-ring (bicyclic) bond motifs is 15. The van der Waals surface area contributed by atoms with Crippen LogP contribution in [0.15, 0.2) is 12.1 Å². The van der Waals surface area contributed by atoms with Gasteiger partial charge in [-0.15, -0.1) is 0 Å². The number of benzene rings is 2. The lowest BCUT2D eigenvalue weighted by Crippen LogP contribution is -2.45. The average Bonchev–Trinajstić information content (AvgIpc) is 3.16. The van der Waals surface area contributed by atoms with E-state index >= 15 is 0 Å². The molecule has 2 saturated carbocycles. The maximum absolute atomic E-state index is 2.64. The molecule has 5 aliphatic rings. The van der Waals surface area contributed by atoms with Crippen LogP contribution in [0.4, 0.5) is 5.69 Å². The lowest BCUT2D eigenvalue weighted by atomic mass is 9.48. The maximum atomic E-state index is 2.64. The molecule has 2 aromatic rings. The summed E-state index contributed by atoms with van der Waals surface area (Å²) in [5.41, 5.74) is 16.4. The molecule has 2 bridgehead atoms. The van der Waals surface area contributed by atoms with Crippen LogP contribution in [0.25, 0.3) is 0 Å². The van der Waals surface area contributed by atoms with Crippen molar-refractivity contribution in [3.8, 4) is 0 Å². The van der Waals surface area contributed by atoms with Crippen LogP contribution in [0.5, 0.6) is 0 Å². The molecule has 156 valence electrons. The SMILES string of the molecule is CCN1CN(C)Cc2c1cc1c(c2C)C2C3CC(C12)C1c2c(cc(C)c(C)c2C)C31. The molecule has 0 N–H and O–H groups in total. The molecular weight excluding hydrogens is 364 g/mol. The van der Waals surface area contributed by atoms with E-state index in [9.17, 15) is 0 Å². The fourth-order valence-electron chi connectivity index (χ4n) is 8.75. The summed E-state index contributed by atoms with van der Waals surface area (Å²) in [7, 11) is 2.27. The second-order valence-corrected chi connectivity index (χ2v) is 11.1. The highest BCUT2D eigenvalue weighted by atomic mass is 15.3. The Morgan fingerprint density at radius 1 is 0.833 bits per heavy atom. The quantitative estimate of drug-likeness (QED) is 0.555. The first-order valence-corrected chi connectivity index (χ1v) is 12.1. The number of rotatable bonds is 1. The molecule has 0 amide bonds. The lowest BCUT2D eigenvalue weighted by Gasteiger charge is -2.56. The lowest BCUT2D eigenvalue weighted by molar-refractivity contribution is 0.225. The van der Waals surface area contributed by atoms with Gasteiger partial charge >= 0.3 is 0 Å². The zero-order valence-electron chi connectivity index (χ0n) is 19.3. The van der Waals surface area contributed by atoms with Gasteiger partial charge < -0.3 is 4.90 Å². The van der Waals surface area contributed by atoms with Gasteiger partial charge in [0.1, 0.15) is 0 Å². The molecule has 1 heterocycles. The molecule has 2 nitrogen and oxygen atoms in total. The van der Waals surface area contributed by atoms with Crippen LogP contribution < -0.4 is 4.90 Å². The Morgan fingerprint density at radius 2 is 1.47 bits per heavy atom. The fraction of sp³-hybridized carbons (Fsp3) is 0.571. The van der Waals surface area contributed by atoms with Crippen LogP contribution in [-0.2, 0) is 6.54 Å². The molecule has 0 spiro atoms. The molecule has 6 atom stereocenters. The van der Waals surface area contributed by atoms with Gasteiger partial charge in [0.05, 0.1) is 6.67 Å². The van der Waals surface area contributed by atoms with Crippen LogP contribution in [0.1, 0.15) is 87.1 Å². The topological polar surface area (TPSA) is 6.48 Å². The monoisotopic (exact) mass is 398 g/mol. The highest BCUT2D eigenvalue weighted by Gasteiger charge is 2.67. The summed E-state index contributed by atoms with van der Waals surface area (Å²) in [6, 6.07) is 5.19. The molecule has 6 unspecified atom stereocenters. The summed E-state index contributed by atoms with van der Waals surface area (Å²) >= 11 is 0. The van der Waals surface area contributed by atoms with Crippen LogP contribution >= 0.6 is 0 Å². The van der Waals surface area contributed by atoms with E-state index < -0.39 is 0 Å². The predicted octanol–water partition coefficient (Wildman–Crippen LogP) is 5.86. The Bertz CT molecular complexity index is 1130. The molecule has 2 heteroatoms. The first-order valence-electron chi connectivity index (χ1n) is 12.1. The van der Waals surface area contributed by atoms with E-state index in [0.29, 0.717) is 0 Å². The summed E-state index contributed by atoms with van der Waals surface area (Å²) in [5.74, 6) is 5.17. The van der Waals surface area contributed by atoms with E-state index in [0.717, 1.165) is 55.3 Å². The predicted molar refractivity (Wildman–Crippen MR) is 124 cm³/mol. The number of aryl methyl sites for hydroxylation is 1. The minimum absolute atomic E-state index is 0.836. The van der Waals surface area contributed by atoms with Crippen molar-refractivity contribution in [2.45, 2.75) is 71.3 Å². The van der Waals surface area contributed by atoms with Crippen LogP contribution in [0, 0.1) is 39.5 Å². The van der Waals surface area contributed by atoms with Gasteiger partial charge in [0, 0.05) is 18.8 Å². The van der Waals surface area contributed by atoms with Gasteiger partial charge in [0.15, 0.2) is 0 Å². The van der Waals surface area contributed by atoms with Gasteiger partial charge in [-0.05, 0) is 140 Å². The molecule has 0 radical (unpaired) electrons. The maximum Gasteiger partial charge on any atom is 0.0707 e. The molecule has 0 aromatic heterocycles. The normalized spacial score (nSPS) is 34.5. The summed E-state index contributed by atoms with van der Waals surface area (Å²) < 4.78 is 0. The molecule has 7 rings (SSSR count). The average molecular weight is 399 g/mol. The summed E-state index contributed by atoms with van der Waals surface area (Å²) in [6.45, 7) is 15.1. The van der Waals surface area contributed by atoms with Gasteiger partial charge in [-0.25, -0.2) is 0 Å². The summed E-state index contributed by atoms with van der Waals surface area (Å²) in [4.78, 5) is 5.07. The molecular formula is C28H34N2. The van der Waals surface area contributed by atoms with Crippen molar-refractivity contribution in [2.75, 3.05) is 25.2 Å². The van der Waals surface area contributed by atoms with E-state index in [-0.39, 0.29) is 0 Å². The van der Waals surface area contributed by atoms with Crippen LogP contribution in [0.2, 0.25) is 0 Å². The largest absolute Gasteiger partial charge is 0.359 e. The number of nitrogens with zero attached hydrogens (tertiary/aromatic N) is 2. The molecule has 30 heavy (non-hydrogen) atoms. The Balaban J connectivity index is 1.35. The van der Waals surface area contributed by atoms with Crippen LogP contribution in [0.3, 0.4) is 0 Å². The van der Waals surface area contributed by atoms with Gasteiger partial charge in [-0.2, -0.15) is 0 Å². The molecule has 0 saturated heterocycles. The van der Waals surface area contributed by atoms with Crippen LogP contribution in [-0.4, -0.2) is 25.2 Å². The van der Waals surface area contributed by atoms with E-state index in [1.807, 2.05) is 0 Å². The number of anilines is 1. The molecule has 1 aliphatic heterocycles. The van der Waals surface area contributed by atoms with Crippen molar-refractivity contribution in [3.05, 3.63) is 62.2 Å². The van der Waals surface area contributed by atoms with Crippen molar-refractivity contribution in [2.24, 2.45) is 11.8 Å². The third-order valence-corrected chi connectivity index (χ3v) is 10.1. The third kappa shape index (κ3) is 1.80. The first kappa shape index (κ1) is 17.8. The highest BCUT2D eigenvalue weighted by molar-refractivity contribution is 5.70. The molecule has 2 aromatic carbocycles. The van der Waals surface area contributed by atoms with Gasteiger partial charge in [-0.3, -0.25) is 4.90 Å². The zero-order chi connectivity index (χ0) is 20.6. The van der Waals surface area contributed by atoms with Crippen molar-refractivity contribution in [1.29, 1.82) is 0 Å². The Hall–Kier alpha value is -1.80. The van der Waals surface area contributed by atoms with Gasteiger partial charge in [0.25, 0.3) is 0 Å². The second-order valence-electron chi connectivity index (χ2n) is 11.1. The highest BCUT2D eigenvalue weighted by Crippen LogP contribution is 2.79. The molecule has 2 fully saturated rings. The van der Waals surface area contributed by atoms with Crippen molar-refractivity contribution in [1.82, 2.24) is 4.90 Å². The third-order valence-electron chi connectivity index (χ3n) is 10.1. The van der Waals surface area contributed by atoms with E-state index in [4.69, 9.17) is 0 Å². The first-order chi connectivity index (χ1) is 14.4. The minimum Gasteiger partial charge on any atom is -0.359 e. The number of hydrogen-bond acceptors (Lipinski definition) is 2. The Kier molecular flexibility index (Phi) is 3.28. The van der Waals surface area contributed by atoms with Crippen molar-refractivity contribution in [3.63, 3.8) is 0 Å². The molecule has 4 aliphatic carbocycles. The van der Waals surface area contributed by atoms with Crippen molar-refractivity contribution >= 4 is 5.69 Å². The fourth-order valence-corrected chi connectivity index (χ4v) is 8.75. The number of hydrogen-bond donors (Lipinski definition) is 0. The van der Waals surface area contributed by atoms with E-state index in [1.165, 1.54) is 17.5 Å². The summed E-state index contributed by atoms with van der Waals surface area (Å²) in [5, 5.41) is 0. The zero-order valence-corrected chi connectivity index (χ0v) is 19.3. The van der Waals surface area contributed by atoms with Gasteiger partial charge in [0.2, 0.25) is 0 Å². The van der Waals surface area contributed by atoms with Gasteiger partial charge in [-0.1, -0.05) is 6.07 Å². The summed E-state index contributed by atoms with van der Waals surface area (Å²) in [6.07, 6.45) is 1.47. The van der Waals surface area contributed by atoms with Crippen molar-refractivity contribution < 1.29 is 0 Å². The Labute approximate surface area is 181 Å². The minimum atomic E-state index is 0.836. The standard InChI is InChI=1S/C28H34N2/c1-7-30-12-29(6)11-21-16(5)24-20(10-22(21)30)26-19-9-18(28(24)26)25-17-8-13(2)14(3)15(4)23(17)27(19)25/h8,10,18-19,25-28H,7,9,11-12H2,1-6H3. The Morgan fingerprint density at radius 3 is 2.13 bits per heavy atom. The second kappa shape index (κ2) is 5.51. The van der Waals surface area contributed by atoms with E-state index in [2.05, 4.69) is 63.6 Å². The smallest absolute Gasteiger partial charge is 0.0707 e.